The lowest BCUT2D eigenvalue weighted by Crippen LogP contribution is -1.99. The molecule has 21 heavy (non-hydrogen) atoms. The van der Waals surface area contributed by atoms with E-state index in [2.05, 4.69) is 29.2 Å². The zero-order valence-electron chi connectivity index (χ0n) is 11.9. The van der Waals surface area contributed by atoms with Gasteiger partial charge >= 0.3 is 0 Å². The minimum Gasteiger partial charge on any atom is -0.461 e. The lowest BCUT2D eigenvalue weighted by atomic mass is 10.2. The highest BCUT2D eigenvalue weighted by Gasteiger charge is 2.16. The van der Waals surface area contributed by atoms with Crippen LogP contribution in [0.3, 0.4) is 0 Å². The van der Waals surface area contributed by atoms with Crippen LogP contribution in [0.2, 0.25) is 0 Å². The summed E-state index contributed by atoms with van der Waals surface area (Å²) in [5.74, 6) is 2.25. The number of furan rings is 1. The molecule has 3 aromatic rings. The maximum atomic E-state index is 5.40. The summed E-state index contributed by atoms with van der Waals surface area (Å²) in [7, 11) is 0. The van der Waals surface area contributed by atoms with E-state index in [9.17, 15) is 0 Å². The van der Waals surface area contributed by atoms with Crippen LogP contribution in [0.15, 0.2) is 38.8 Å². The molecule has 0 fully saturated rings. The van der Waals surface area contributed by atoms with Gasteiger partial charge < -0.3 is 8.94 Å². The Balaban J connectivity index is 1.80. The molecule has 0 unspecified atom stereocenters. The fraction of sp³-hybridized carbons (Fsp3) is 0.357. The monoisotopic (exact) mass is 304 g/mol. The third-order valence-corrected chi connectivity index (χ3v) is 4.21. The van der Waals surface area contributed by atoms with E-state index in [0.717, 1.165) is 46.7 Å². The molecule has 110 valence electrons. The quantitative estimate of drug-likeness (QED) is 0.650. The highest BCUT2D eigenvalue weighted by atomic mass is 32.2. The Kier molecular flexibility index (Phi) is 4.10. The van der Waals surface area contributed by atoms with Crippen molar-refractivity contribution in [2.24, 2.45) is 0 Å². The van der Waals surface area contributed by atoms with Crippen molar-refractivity contribution in [2.45, 2.75) is 37.7 Å². The molecule has 0 radical (unpaired) electrons. The summed E-state index contributed by atoms with van der Waals surface area (Å²) in [6.45, 7) is 4.92. The summed E-state index contributed by atoms with van der Waals surface area (Å²) in [6, 6.07) is 3.74. The summed E-state index contributed by atoms with van der Waals surface area (Å²) in [6.07, 6.45) is 4.21. The second-order valence-corrected chi connectivity index (χ2v) is 5.40. The molecule has 0 aliphatic rings. The fourth-order valence-electron chi connectivity index (χ4n) is 2.10. The second-order valence-electron chi connectivity index (χ2n) is 4.46. The normalized spacial score (nSPS) is 11.1. The molecule has 0 saturated heterocycles. The first-order valence-corrected chi connectivity index (χ1v) is 7.84. The van der Waals surface area contributed by atoms with Gasteiger partial charge in [-0.25, -0.2) is 0 Å². The minimum atomic E-state index is 0.732. The number of rotatable bonds is 6. The van der Waals surface area contributed by atoms with Crippen molar-refractivity contribution < 1.29 is 8.94 Å². The van der Waals surface area contributed by atoms with E-state index in [1.807, 2.05) is 16.7 Å². The van der Waals surface area contributed by atoms with Crippen LogP contribution in [0.1, 0.15) is 25.1 Å². The molecule has 3 aromatic heterocycles. The van der Waals surface area contributed by atoms with Crippen LogP contribution in [-0.2, 0) is 18.7 Å². The van der Waals surface area contributed by atoms with Gasteiger partial charge in [0.1, 0.15) is 6.26 Å². The average molecular weight is 304 g/mol. The Bertz CT molecular complexity index is 702. The largest absolute Gasteiger partial charge is 0.461 e. The first-order chi connectivity index (χ1) is 10.3. The fourth-order valence-corrected chi connectivity index (χ4v) is 3.09. The van der Waals surface area contributed by atoms with Crippen molar-refractivity contribution in [2.75, 3.05) is 0 Å². The van der Waals surface area contributed by atoms with Crippen molar-refractivity contribution in [1.82, 2.24) is 19.9 Å². The first-order valence-electron chi connectivity index (χ1n) is 6.85. The third-order valence-electron chi connectivity index (χ3n) is 3.19. The molecule has 0 aliphatic heterocycles. The van der Waals surface area contributed by atoms with Gasteiger partial charge in [0.05, 0.1) is 12.0 Å². The maximum Gasteiger partial charge on any atom is 0.200 e. The Hall–Kier alpha value is -2.02. The summed E-state index contributed by atoms with van der Waals surface area (Å²) in [4.78, 5) is 0. The van der Waals surface area contributed by atoms with Crippen LogP contribution in [0.4, 0.5) is 0 Å². The van der Waals surface area contributed by atoms with Gasteiger partial charge in [0.15, 0.2) is 16.7 Å². The van der Waals surface area contributed by atoms with E-state index in [4.69, 9.17) is 8.94 Å². The summed E-state index contributed by atoms with van der Waals surface area (Å²) in [5.41, 5.74) is 2.10. The van der Waals surface area contributed by atoms with E-state index >= 15 is 0 Å². The van der Waals surface area contributed by atoms with Crippen LogP contribution >= 0.6 is 11.8 Å². The SMILES string of the molecule is CCc1nocc1CSc1nnc(-c2ccco2)n1CC. The van der Waals surface area contributed by atoms with Crippen molar-refractivity contribution in [3.8, 4) is 11.6 Å². The predicted octanol–water partition coefficient (Wildman–Crippen LogP) is 3.40. The Morgan fingerprint density at radius 1 is 1.29 bits per heavy atom. The predicted molar refractivity (Wildman–Crippen MR) is 78.8 cm³/mol. The lowest BCUT2D eigenvalue weighted by Gasteiger charge is -2.05. The molecule has 6 nitrogen and oxygen atoms in total. The van der Waals surface area contributed by atoms with Gasteiger partial charge in [-0.05, 0) is 25.5 Å². The maximum absolute atomic E-state index is 5.40. The van der Waals surface area contributed by atoms with Gasteiger partial charge in [0.2, 0.25) is 0 Å². The topological polar surface area (TPSA) is 69.9 Å². The average Bonchev–Trinajstić information content (AvgIpc) is 3.23. The molecular formula is C14H16N4O2S. The molecular weight excluding hydrogens is 288 g/mol. The molecule has 0 spiro atoms. The van der Waals surface area contributed by atoms with Gasteiger partial charge in [0, 0.05) is 17.9 Å². The molecule has 0 aliphatic carbocycles. The number of hydrogen-bond acceptors (Lipinski definition) is 6. The smallest absolute Gasteiger partial charge is 0.200 e. The van der Waals surface area contributed by atoms with E-state index < -0.39 is 0 Å². The van der Waals surface area contributed by atoms with Crippen LogP contribution < -0.4 is 0 Å². The molecule has 7 heteroatoms. The van der Waals surface area contributed by atoms with Crippen LogP contribution in [0, 0.1) is 0 Å². The van der Waals surface area contributed by atoms with E-state index in [1.54, 1.807) is 24.3 Å². The summed E-state index contributed by atoms with van der Waals surface area (Å²) < 4.78 is 12.5. The highest BCUT2D eigenvalue weighted by Crippen LogP contribution is 2.27. The number of aryl methyl sites for hydroxylation is 1. The second kappa shape index (κ2) is 6.17. The van der Waals surface area contributed by atoms with Gasteiger partial charge in [-0.2, -0.15) is 0 Å². The van der Waals surface area contributed by atoms with Gasteiger partial charge in [-0.1, -0.05) is 23.8 Å². The number of aromatic nitrogens is 4. The van der Waals surface area contributed by atoms with Gasteiger partial charge in [-0.3, -0.25) is 4.57 Å². The number of nitrogens with zero attached hydrogens (tertiary/aromatic N) is 4. The molecule has 3 heterocycles. The van der Waals surface area contributed by atoms with Crippen LogP contribution in [0.5, 0.6) is 0 Å². The minimum absolute atomic E-state index is 0.732. The lowest BCUT2D eigenvalue weighted by molar-refractivity contribution is 0.412. The molecule has 0 bridgehead atoms. The van der Waals surface area contributed by atoms with Gasteiger partial charge in [-0.15, -0.1) is 10.2 Å². The summed E-state index contributed by atoms with van der Waals surface area (Å²) in [5, 5.41) is 13.4. The Morgan fingerprint density at radius 2 is 2.19 bits per heavy atom. The van der Waals surface area contributed by atoms with Crippen LogP contribution in [0.25, 0.3) is 11.6 Å². The van der Waals surface area contributed by atoms with Crippen molar-refractivity contribution in [3.63, 3.8) is 0 Å². The zero-order valence-corrected chi connectivity index (χ0v) is 12.8. The molecule has 0 amide bonds. The Morgan fingerprint density at radius 3 is 2.90 bits per heavy atom. The Labute approximate surface area is 126 Å². The number of thioether (sulfide) groups is 1. The molecule has 0 aromatic carbocycles. The van der Waals surface area contributed by atoms with E-state index in [1.165, 1.54) is 0 Å². The highest BCUT2D eigenvalue weighted by molar-refractivity contribution is 7.98. The van der Waals surface area contributed by atoms with Crippen molar-refractivity contribution in [3.05, 3.63) is 35.9 Å². The molecule has 3 rings (SSSR count). The third kappa shape index (κ3) is 2.73. The van der Waals surface area contributed by atoms with Crippen molar-refractivity contribution >= 4 is 11.8 Å². The summed E-state index contributed by atoms with van der Waals surface area (Å²) >= 11 is 1.62. The van der Waals surface area contributed by atoms with Crippen molar-refractivity contribution in [1.29, 1.82) is 0 Å². The first kappa shape index (κ1) is 13.9. The molecule has 0 atom stereocenters. The number of hydrogen-bond donors (Lipinski definition) is 0. The van der Waals surface area contributed by atoms with E-state index in [-0.39, 0.29) is 0 Å². The van der Waals surface area contributed by atoms with Crippen LogP contribution in [-0.4, -0.2) is 19.9 Å². The van der Waals surface area contributed by atoms with Gasteiger partial charge in [0.25, 0.3) is 0 Å². The standard InChI is InChI=1S/C14H16N4O2S/c1-3-11-10(8-20-17-11)9-21-14-16-15-13(18(14)4-2)12-6-5-7-19-12/h5-8H,3-4,9H2,1-2H3. The molecule has 0 saturated carbocycles. The zero-order chi connectivity index (χ0) is 14.7. The van der Waals surface area contributed by atoms with E-state index in [0.29, 0.717) is 0 Å². The molecule has 0 N–H and O–H groups in total.